The van der Waals surface area contributed by atoms with Gasteiger partial charge >= 0.3 is 0 Å². The van der Waals surface area contributed by atoms with E-state index in [2.05, 4.69) is 15.0 Å². The minimum Gasteiger partial charge on any atom is -0.370 e. The van der Waals surface area contributed by atoms with Gasteiger partial charge in [0.1, 0.15) is 0 Å². The van der Waals surface area contributed by atoms with Crippen LogP contribution >= 0.6 is 24.0 Å². The van der Waals surface area contributed by atoms with E-state index in [1.807, 2.05) is 0 Å². The molecule has 0 radical (unpaired) electrons. The van der Waals surface area contributed by atoms with Gasteiger partial charge < -0.3 is 11.1 Å². The highest BCUT2D eigenvalue weighted by molar-refractivity contribution is 14.0. The zero-order valence-corrected chi connectivity index (χ0v) is 15.7. The van der Waals surface area contributed by atoms with E-state index in [4.69, 9.17) is 5.73 Å². The molecule has 2 rings (SSSR count). The Labute approximate surface area is 144 Å². The van der Waals surface area contributed by atoms with Crippen molar-refractivity contribution in [3.63, 3.8) is 0 Å². The number of aliphatic imine (C=N–C) groups is 1. The quantitative estimate of drug-likeness (QED) is 0.333. The Balaban J connectivity index is 0.00000220. The van der Waals surface area contributed by atoms with Gasteiger partial charge in [-0.3, -0.25) is 4.99 Å². The molecule has 21 heavy (non-hydrogen) atoms. The third-order valence-electron chi connectivity index (χ3n) is 4.31. The van der Waals surface area contributed by atoms with E-state index < -0.39 is 10.0 Å². The summed E-state index contributed by atoms with van der Waals surface area (Å²) in [4.78, 5) is 4.35. The lowest BCUT2D eigenvalue weighted by molar-refractivity contribution is 0.326. The molecule has 0 aromatic rings. The number of nitrogens with one attached hydrogen (secondary N) is 2. The second-order valence-electron chi connectivity index (χ2n) is 6.09. The Morgan fingerprint density at radius 3 is 2.48 bits per heavy atom. The van der Waals surface area contributed by atoms with Crippen LogP contribution in [-0.2, 0) is 10.0 Å². The van der Waals surface area contributed by atoms with E-state index in [9.17, 15) is 8.42 Å². The molecule has 8 heteroatoms. The van der Waals surface area contributed by atoms with Crippen molar-refractivity contribution in [3.05, 3.63) is 0 Å². The minimum absolute atomic E-state index is 0. The monoisotopic (exact) mass is 430 g/mol. The number of halogens is 1. The smallest absolute Gasteiger partial charge is 0.208 e. The molecule has 0 amide bonds. The first-order valence-electron chi connectivity index (χ1n) is 7.45. The van der Waals surface area contributed by atoms with E-state index >= 15 is 0 Å². The second kappa shape index (κ2) is 8.52. The maximum absolute atomic E-state index is 11.3. The molecule has 2 atom stereocenters. The Morgan fingerprint density at radius 2 is 1.90 bits per heavy atom. The molecule has 0 aromatic carbocycles. The summed E-state index contributed by atoms with van der Waals surface area (Å²) in [5, 5.41) is 3.14. The summed E-state index contributed by atoms with van der Waals surface area (Å²) in [5.74, 6) is 1.49. The predicted octanol–water partition coefficient (Wildman–Crippen LogP) is 1.03. The highest BCUT2D eigenvalue weighted by Gasteiger charge is 2.29. The minimum atomic E-state index is -3.14. The van der Waals surface area contributed by atoms with Gasteiger partial charge in [0, 0.05) is 19.1 Å². The van der Waals surface area contributed by atoms with Crippen molar-refractivity contribution in [1.29, 1.82) is 0 Å². The molecule has 0 bridgehead atoms. The molecule has 2 aliphatic rings. The molecule has 0 aromatic heterocycles. The number of hydrogen-bond donors (Lipinski definition) is 3. The average Bonchev–Trinajstić information content (AvgIpc) is 2.69. The number of sulfonamides is 1. The SMILES string of the molecule is CS(=O)(=O)NC1CCCC1CNC(N)=NCC1CCC1.I. The van der Waals surface area contributed by atoms with Crippen LogP contribution in [0.5, 0.6) is 0 Å². The first kappa shape index (κ1) is 19.0. The van der Waals surface area contributed by atoms with Crippen molar-refractivity contribution >= 4 is 40.0 Å². The first-order valence-corrected chi connectivity index (χ1v) is 9.34. The van der Waals surface area contributed by atoms with Crippen LogP contribution in [0.25, 0.3) is 0 Å². The summed E-state index contributed by atoms with van der Waals surface area (Å²) in [6.45, 7) is 1.50. The van der Waals surface area contributed by atoms with Crippen LogP contribution in [-0.4, -0.2) is 39.8 Å². The number of rotatable bonds is 6. The summed E-state index contributed by atoms with van der Waals surface area (Å²) in [5.41, 5.74) is 5.85. The lowest BCUT2D eigenvalue weighted by Gasteiger charge is -2.24. The summed E-state index contributed by atoms with van der Waals surface area (Å²) in [6, 6.07) is 0.0249. The standard InChI is InChI=1S/C13H26N4O2S.HI/c1-20(18,19)17-12-7-3-6-11(12)9-16-13(14)15-8-10-4-2-5-10;/h10-12,17H,2-9H2,1H3,(H3,14,15,16);1H. The molecular formula is C13H27IN4O2S. The molecule has 0 saturated heterocycles. The fourth-order valence-corrected chi connectivity index (χ4v) is 3.77. The van der Waals surface area contributed by atoms with Crippen LogP contribution in [0.15, 0.2) is 4.99 Å². The fraction of sp³-hybridized carbons (Fsp3) is 0.923. The lowest BCUT2D eigenvalue weighted by atomic mass is 9.86. The van der Waals surface area contributed by atoms with Crippen molar-refractivity contribution in [2.75, 3.05) is 19.3 Å². The number of hydrogen-bond acceptors (Lipinski definition) is 3. The number of nitrogens with zero attached hydrogens (tertiary/aromatic N) is 1. The van der Waals surface area contributed by atoms with Gasteiger partial charge in [0.25, 0.3) is 0 Å². The average molecular weight is 430 g/mol. The topological polar surface area (TPSA) is 96.6 Å². The number of nitrogens with two attached hydrogens (primary N) is 1. The largest absolute Gasteiger partial charge is 0.370 e. The van der Waals surface area contributed by atoms with Crippen LogP contribution in [0.4, 0.5) is 0 Å². The van der Waals surface area contributed by atoms with Crippen molar-refractivity contribution in [2.24, 2.45) is 22.6 Å². The van der Waals surface area contributed by atoms with Crippen molar-refractivity contribution < 1.29 is 8.42 Å². The maximum Gasteiger partial charge on any atom is 0.208 e. The molecule has 0 spiro atoms. The summed E-state index contributed by atoms with van der Waals surface area (Å²) < 4.78 is 25.3. The van der Waals surface area contributed by atoms with Crippen molar-refractivity contribution in [2.45, 2.75) is 44.6 Å². The van der Waals surface area contributed by atoms with E-state index in [0.717, 1.165) is 25.8 Å². The van der Waals surface area contributed by atoms with Gasteiger partial charge in [-0.15, -0.1) is 24.0 Å². The van der Waals surface area contributed by atoms with Crippen LogP contribution in [0.1, 0.15) is 38.5 Å². The first-order chi connectivity index (χ1) is 9.44. The van der Waals surface area contributed by atoms with Gasteiger partial charge in [0.2, 0.25) is 10.0 Å². The predicted molar refractivity (Wildman–Crippen MR) is 96.4 cm³/mol. The highest BCUT2D eigenvalue weighted by Crippen LogP contribution is 2.26. The van der Waals surface area contributed by atoms with E-state index in [1.165, 1.54) is 25.5 Å². The zero-order valence-electron chi connectivity index (χ0n) is 12.5. The van der Waals surface area contributed by atoms with Gasteiger partial charge in [-0.25, -0.2) is 13.1 Å². The molecule has 2 aliphatic carbocycles. The summed E-state index contributed by atoms with van der Waals surface area (Å²) in [6.07, 6.45) is 8.03. The number of guanidine groups is 1. The molecule has 124 valence electrons. The van der Waals surface area contributed by atoms with Crippen LogP contribution in [0.2, 0.25) is 0 Å². The van der Waals surface area contributed by atoms with Crippen LogP contribution in [0, 0.1) is 11.8 Å². The molecule has 6 nitrogen and oxygen atoms in total. The Kier molecular flexibility index (Phi) is 7.69. The van der Waals surface area contributed by atoms with Gasteiger partial charge in [0.05, 0.1) is 6.26 Å². The molecular weight excluding hydrogens is 403 g/mol. The third kappa shape index (κ3) is 6.68. The third-order valence-corrected chi connectivity index (χ3v) is 5.05. The zero-order chi connectivity index (χ0) is 14.6. The molecule has 0 heterocycles. The summed E-state index contributed by atoms with van der Waals surface area (Å²) >= 11 is 0. The summed E-state index contributed by atoms with van der Waals surface area (Å²) in [7, 11) is -3.14. The van der Waals surface area contributed by atoms with Crippen molar-refractivity contribution in [3.8, 4) is 0 Å². The Hall–Kier alpha value is -0.0900. The molecule has 2 unspecified atom stereocenters. The van der Waals surface area contributed by atoms with Crippen LogP contribution < -0.4 is 15.8 Å². The fourth-order valence-electron chi connectivity index (χ4n) is 2.91. The molecule has 4 N–H and O–H groups in total. The molecule has 0 aliphatic heterocycles. The second-order valence-corrected chi connectivity index (χ2v) is 7.87. The van der Waals surface area contributed by atoms with Gasteiger partial charge in [-0.05, 0) is 37.5 Å². The van der Waals surface area contributed by atoms with E-state index in [-0.39, 0.29) is 30.0 Å². The van der Waals surface area contributed by atoms with Crippen molar-refractivity contribution in [1.82, 2.24) is 10.0 Å². The Bertz CT molecular complexity index is 451. The van der Waals surface area contributed by atoms with Gasteiger partial charge in [-0.1, -0.05) is 12.8 Å². The molecule has 2 fully saturated rings. The highest BCUT2D eigenvalue weighted by atomic mass is 127. The van der Waals surface area contributed by atoms with E-state index in [0.29, 0.717) is 24.3 Å². The van der Waals surface area contributed by atoms with E-state index in [1.54, 1.807) is 0 Å². The normalized spacial score (nSPS) is 27.0. The van der Waals surface area contributed by atoms with Crippen LogP contribution in [0.3, 0.4) is 0 Å². The Morgan fingerprint density at radius 1 is 1.24 bits per heavy atom. The molecule has 2 saturated carbocycles. The van der Waals surface area contributed by atoms with Gasteiger partial charge in [0.15, 0.2) is 5.96 Å². The van der Waals surface area contributed by atoms with Gasteiger partial charge in [-0.2, -0.15) is 0 Å². The maximum atomic E-state index is 11.3. The lowest BCUT2D eigenvalue weighted by Crippen LogP contribution is -2.43.